The monoisotopic (exact) mass is 174 g/mol. The van der Waals surface area contributed by atoms with Crippen LogP contribution in [0.5, 0.6) is 0 Å². The van der Waals surface area contributed by atoms with Gasteiger partial charge in [0.2, 0.25) is 0 Å². The molecule has 0 rings (SSSR count). The molecule has 0 aliphatic carbocycles. The van der Waals surface area contributed by atoms with Crippen LogP contribution in [0, 0.1) is 0 Å². The highest BCUT2D eigenvalue weighted by atomic mass is 32.2. The lowest BCUT2D eigenvalue weighted by molar-refractivity contribution is -0.136. The Morgan fingerprint density at radius 2 is 1.91 bits per heavy atom. The summed E-state index contributed by atoms with van der Waals surface area (Å²) in [6.07, 6.45) is 0.245. The Labute approximate surface area is 71.7 Å². The molecule has 0 aliphatic rings. The van der Waals surface area contributed by atoms with Gasteiger partial charge in [-0.3, -0.25) is 4.79 Å². The van der Waals surface area contributed by atoms with Crippen molar-refractivity contribution in [3.8, 4) is 0 Å². The van der Waals surface area contributed by atoms with E-state index in [2.05, 4.69) is 0 Å². The zero-order valence-corrected chi connectivity index (χ0v) is 7.99. The second-order valence-electron chi connectivity index (χ2n) is 2.55. The van der Waals surface area contributed by atoms with Gasteiger partial charge in [0, 0.05) is 5.75 Å². The second kappa shape index (κ2) is 5.24. The minimum Gasteiger partial charge on any atom is -0.481 e. The molecule has 0 spiro atoms. The van der Waals surface area contributed by atoms with Crippen molar-refractivity contribution in [2.75, 3.05) is 5.75 Å². The normalized spacial score (nSPS) is 9.36. The Morgan fingerprint density at radius 1 is 1.36 bits per heavy atom. The van der Waals surface area contributed by atoms with Crippen LogP contribution in [0.1, 0.15) is 27.2 Å². The summed E-state index contributed by atoms with van der Waals surface area (Å²) in [5.74, 6) is -0.0501. The van der Waals surface area contributed by atoms with E-state index < -0.39 is 5.97 Å². The number of carbonyl (C=O) groups is 1. The van der Waals surface area contributed by atoms with E-state index >= 15 is 0 Å². The quantitative estimate of drug-likeness (QED) is 0.711. The SMILES string of the molecule is CC(C)=C(C)SCCC(=O)O. The van der Waals surface area contributed by atoms with Crippen molar-refractivity contribution in [2.24, 2.45) is 0 Å². The van der Waals surface area contributed by atoms with Gasteiger partial charge in [-0.1, -0.05) is 5.57 Å². The molecule has 2 nitrogen and oxygen atoms in total. The molecule has 0 saturated heterocycles. The molecule has 0 atom stereocenters. The van der Waals surface area contributed by atoms with Crippen LogP contribution in [0.3, 0.4) is 0 Å². The van der Waals surface area contributed by atoms with Gasteiger partial charge in [0.25, 0.3) is 0 Å². The maximum absolute atomic E-state index is 10.1. The molecule has 3 heteroatoms. The topological polar surface area (TPSA) is 37.3 Å². The van der Waals surface area contributed by atoms with Crippen molar-refractivity contribution in [3.63, 3.8) is 0 Å². The number of thioether (sulfide) groups is 1. The predicted octanol–water partition coefficient (Wildman–Crippen LogP) is 2.51. The molecule has 0 aromatic rings. The Balaban J connectivity index is 3.56. The van der Waals surface area contributed by atoms with Crippen LogP contribution in [0.2, 0.25) is 0 Å². The first-order valence-corrected chi connectivity index (χ1v) is 4.51. The molecule has 64 valence electrons. The number of aliphatic carboxylic acids is 1. The molecule has 0 bridgehead atoms. The molecule has 0 aromatic heterocycles. The third kappa shape index (κ3) is 5.98. The minimum absolute atomic E-state index is 0.245. The molecule has 0 aromatic carbocycles. The third-order valence-electron chi connectivity index (χ3n) is 1.34. The van der Waals surface area contributed by atoms with Crippen molar-refractivity contribution in [3.05, 3.63) is 10.5 Å². The number of hydrogen-bond acceptors (Lipinski definition) is 2. The van der Waals surface area contributed by atoms with Crippen molar-refractivity contribution < 1.29 is 9.90 Å². The maximum atomic E-state index is 10.1. The molecular weight excluding hydrogens is 160 g/mol. The van der Waals surface area contributed by atoms with Crippen LogP contribution in [0.4, 0.5) is 0 Å². The Bertz CT molecular complexity index is 169. The molecule has 0 amide bonds. The van der Waals surface area contributed by atoms with Gasteiger partial charge in [0.05, 0.1) is 6.42 Å². The van der Waals surface area contributed by atoms with Crippen LogP contribution in [0.25, 0.3) is 0 Å². The maximum Gasteiger partial charge on any atom is 0.304 e. The van der Waals surface area contributed by atoms with Crippen LogP contribution >= 0.6 is 11.8 Å². The second-order valence-corrected chi connectivity index (χ2v) is 3.86. The number of rotatable bonds is 4. The molecule has 0 unspecified atom stereocenters. The van der Waals surface area contributed by atoms with E-state index in [4.69, 9.17) is 5.11 Å². The first kappa shape index (κ1) is 10.6. The van der Waals surface area contributed by atoms with E-state index in [1.165, 1.54) is 10.5 Å². The van der Waals surface area contributed by atoms with Gasteiger partial charge in [-0.2, -0.15) is 0 Å². The average Bonchev–Trinajstić information content (AvgIpc) is 1.86. The molecule has 0 fully saturated rings. The molecule has 0 aliphatic heterocycles. The lowest BCUT2D eigenvalue weighted by Crippen LogP contribution is -1.95. The first-order chi connectivity index (χ1) is 5.04. The number of carboxylic acid groups (broad SMARTS) is 1. The standard InChI is InChI=1S/C8H14O2S/c1-6(2)7(3)11-5-4-8(9)10/h4-5H2,1-3H3,(H,9,10). The fourth-order valence-corrected chi connectivity index (χ4v) is 1.31. The first-order valence-electron chi connectivity index (χ1n) is 3.52. The molecule has 1 N–H and O–H groups in total. The summed E-state index contributed by atoms with van der Waals surface area (Å²) < 4.78 is 0. The summed E-state index contributed by atoms with van der Waals surface area (Å²) in [5, 5.41) is 8.34. The molecule has 0 saturated carbocycles. The lowest BCUT2D eigenvalue weighted by atomic mass is 10.3. The van der Waals surface area contributed by atoms with Crippen molar-refractivity contribution in [1.29, 1.82) is 0 Å². The molecule has 0 heterocycles. The molecule has 0 radical (unpaired) electrons. The van der Waals surface area contributed by atoms with Crippen LogP contribution in [-0.2, 0) is 4.79 Å². The summed E-state index contributed by atoms with van der Waals surface area (Å²) in [5.41, 5.74) is 1.26. The van der Waals surface area contributed by atoms with Gasteiger partial charge in [-0.15, -0.1) is 11.8 Å². The highest BCUT2D eigenvalue weighted by molar-refractivity contribution is 8.03. The smallest absolute Gasteiger partial charge is 0.304 e. The summed E-state index contributed by atoms with van der Waals surface area (Å²) in [6, 6.07) is 0. The van der Waals surface area contributed by atoms with Crippen molar-refractivity contribution in [2.45, 2.75) is 27.2 Å². The summed E-state index contributed by atoms with van der Waals surface area (Å²) >= 11 is 1.61. The van der Waals surface area contributed by atoms with Gasteiger partial charge >= 0.3 is 5.97 Å². The number of allylic oxidation sites excluding steroid dienone is 2. The number of hydrogen-bond donors (Lipinski definition) is 1. The summed E-state index contributed by atoms with van der Waals surface area (Å²) in [4.78, 5) is 11.3. The Hall–Kier alpha value is -0.440. The fourth-order valence-electron chi connectivity index (χ4n) is 0.436. The summed E-state index contributed by atoms with van der Waals surface area (Å²) in [6.45, 7) is 6.08. The van der Waals surface area contributed by atoms with Crippen molar-refractivity contribution in [1.82, 2.24) is 0 Å². The van der Waals surface area contributed by atoms with E-state index in [0.29, 0.717) is 5.75 Å². The highest BCUT2D eigenvalue weighted by Gasteiger charge is 1.97. The van der Waals surface area contributed by atoms with E-state index in [0.717, 1.165) is 0 Å². The van der Waals surface area contributed by atoms with Gasteiger partial charge < -0.3 is 5.11 Å². The van der Waals surface area contributed by atoms with Crippen LogP contribution in [0.15, 0.2) is 10.5 Å². The van der Waals surface area contributed by atoms with E-state index in [1.807, 2.05) is 20.8 Å². The van der Waals surface area contributed by atoms with Gasteiger partial charge in [0.15, 0.2) is 0 Å². The summed E-state index contributed by atoms with van der Waals surface area (Å²) in [7, 11) is 0. The van der Waals surface area contributed by atoms with Crippen LogP contribution in [-0.4, -0.2) is 16.8 Å². The lowest BCUT2D eigenvalue weighted by Gasteiger charge is -2.00. The third-order valence-corrected chi connectivity index (χ3v) is 2.59. The average molecular weight is 174 g/mol. The highest BCUT2D eigenvalue weighted by Crippen LogP contribution is 2.18. The van der Waals surface area contributed by atoms with Crippen molar-refractivity contribution >= 4 is 17.7 Å². The molecular formula is C8H14O2S. The zero-order chi connectivity index (χ0) is 8.85. The zero-order valence-electron chi connectivity index (χ0n) is 7.18. The van der Waals surface area contributed by atoms with Gasteiger partial charge in [-0.25, -0.2) is 0 Å². The van der Waals surface area contributed by atoms with E-state index in [-0.39, 0.29) is 6.42 Å². The Kier molecular flexibility index (Phi) is 5.03. The van der Waals surface area contributed by atoms with Gasteiger partial charge in [0.1, 0.15) is 0 Å². The van der Waals surface area contributed by atoms with Crippen LogP contribution < -0.4 is 0 Å². The van der Waals surface area contributed by atoms with E-state index in [9.17, 15) is 4.79 Å². The fraction of sp³-hybridized carbons (Fsp3) is 0.625. The largest absolute Gasteiger partial charge is 0.481 e. The Morgan fingerprint density at radius 3 is 2.27 bits per heavy atom. The predicted molar refractivity (Wildman–Crippen MR) is 48.8 cm³/mol. The minimum atomic E-state index is -0.723. The number of carboxylic acids is 1. The molecule has 11 heavy (non-hydrogen) atoms. The van der Waals surface area contributed by atoms with E-state index in [1.54, 1.807) is 11.8 Å². The van der Waals surface area contributed by atoms with Gasteiger partial charge in [-0.05, 0) is 25.7 Å².